The summed E-state index contributed by atoms with van der Waals surface area (Å²) in [6, 6.07) is 3.64. The lowest BCUT2D eigenvalue weighted by atomic mass is 9.55. The maximum atomic E-state index is 13.1. The summed E-state index contributed by atoms with van der Waals surface area (Å²) in [4.78, 5) is 0. The van der Waals surface area contributed by atoms with E-state index in [2.05, 4.69) is 19.2 Å². The van der Waals surface area contributed by atoms with Crippen molar-refractivity contribution in [1.82, 2.24) is 5.32 Å². The summed E-state index contributed by atoms with van der Waals surface area (Å²) < 4.78 is 37.2. The topological polar surface area (TPSA) is 50.7 Å². The third-order valence-electron chi connectivity index (χ3n) is 5.24. The fourth-order valence-electron chi connectivity index (χ4n) is 4.02. The molecule has 0 unspecified atom stereocenters. The van der Waals surface area contributed by atoms with Crippen molar-refractivity contribution in [2.75, 3.05) is 19.8 Å². The van der Waals surface area contributed by atoms with Crippen LogP contribution in [0.4, 0.5) is 8.78 Å². The lowest BCUT2D eigenvalue weighted by molar-refractivity contribution is -0.193. The van der Waals surface area contributed by atoms with Gasteiger partial charge in [0.15, 0.2) is 11.6 Å². The number of rotatable bonds is 6. The predicted octanol–water partition coefficient (Wildman–Crippen LogP) is 2.50. The highest BCUT2D eigenvalue weighted by atomic mass is 19.2. The number of fused-ring (bicyclic) bond motifs is 1. The summed E-state index contributed by atoms with van der Waals surface area (Å²) >= 11 is 0. The Hall–Kier alpha value is -1.24. The number of nitrogens with one attached hydrogen (secondary N) is 1. The molecule has 3 rings (SSSR count). The van der Waals surface area contributed by atoms with Crippen LogP contribution in [0.15, 0.2) is 18.2 Å². The van der Waals surface area contributed by atoms with Crippen LogP contribution in [0.25, 0.3) is 0 Å². The highest BCUT2D eigenvalue weighted by Crippen LogP contribution is 2.51. The molecule has 1 aliphatic heterocycles. The molecule has 1 saturated carbocycles. The Bertz CT molecular complexity index is 581. The van der Waals surface area contributed by atoms with Crippen LogP contribution in [0.3, 0.4) is 0 Å². The Morgan fingerprint density at radius 2 is 2.17 bits per heavy atom. The third-order valence-corrected chi connectivity index (χ3v) is 5.24. The smallest absolute Gasteiger partial charge is 0.162 e. The average molecular weight is 341 g/mol. The van der Waals surface area contributed by atoms with Crippen molar-refractivity contribution >= 4 is 0 Å². The SMILES string of the molecule is CC1(C)[C@H](NC[C@H](O)COc2ccc(F)c(F)c2)[C@H]2CCCO[C@@H]21. The van der Waals surface area contributed by atoms with Crippen LogP contribution in [0.2, 0.25) is 0 Å². The van der Waals surface area contributed by atoms with Crippen molar-refractivity contribution in [2.24, 2.45) is 11.3 Å². The van der Waals surface area contributed by atoms with Gasteiger partial charge in [-0.2, -0.15) is 0 Å². The quantitative estimate of drug-likeness (QED) is 0.835. The molecule has 2 fully saturated rings. The first-order chi connectivity index (χ1) is 11.4. The molecule has 0 spiro atoms. The lowest BCUT2D eigenvalue weighted by Crippen LogP contribution is -2.69. The minimum atomic E-state index is -0.959. The number of ether oxygens (including phenoxy) is 2. The number of aliphatic hydroxyl groups is 1. The highest BCUT2D eigenvalue weighted by molar-refractivity contribution is 5.23. The molecular formula is C18H25F2NO3. The van der Waals surface area contributed by atoms with Gasteiger partial charge in [0.25, 0.3) is 0 Å². The van der Waals surface area contributed by atoms with Gasteiger partial charge in [0.05, 0.1) is 6.10 Å². The first-order valence-corrected chi connectivity index (χ1v) is 8.50. The second-order valence-corrected chi connectivity index (χ2v) is 7.35. The molecule has 2 N–H and O–H groups in total. The molecule has 4 atom stereocenters. The molecule has 0 radical (unpaired) electrons. The first kappa shape index (κ1) is 17.6. The fourth-order valence-corrected chi connectivity index (χ4v) is 4.02. The van der Waals surface area contributed by atoms with Gasteiger partial charge >= 0.3 is 0 Å². The van der Waals surface area contributed by atoms with Gasteiger partial charge in [0.2, 0.25) is 0 Å². The molecule has 2 aliphatic rings. The molecule has 1 saturated heterocycles. The number of aliphatic hydroxyl groups excluding tert-OH is 1. The van der Waals surface area contributed by atoms with Gasteiger partial charge in [-0.15, -0.1) is 0 Å². The van der Waals surface area contributed by atoms with Crippen molar-refractivity contribution in [3.05, 3.63) is 29.8 Å². The Balaban J connectivity index is 1.45. The summed E-state index contributed by atoms with van der Waals surface area (Å²) in [6.45, 7) is 5.61. The predicted molar refractivity (Wildman–Crippen MR) is 85.9 cm³/mol. The van der Waals surface area contributed by atoms with Crippen molar-refractivity contribution in [1.29, 1.82) is 0 Å². The molecule has 6 heteroatoms. The maximum absolute atomic E-state index is 13.1. The molecule has 1 aromatic rings. The fraction of sp³-hybridized carbons (Fsp3) is 0.667. The van der Waals surface area contributed by atoms with E-state index in [4.69, 9.17) is 9.47 Å². The molecule has 0 bridgehead atoms. The first-order valence-electron chi connectivity index (χ1n) is 8.50. The van der Waals surface area contributed by atoms with Crippen molar-refractivity contribution in [2.45, 2.75) is 44.9 Å². The summed E-state index contributed by atoms with van der Waals surface area (Å²) in [5.74, 6) is -1.17. The van der Waals surface area contributed by atoms with E-state index in [1.165, 1.54) is 6.07 Å². The molecule has 1 aliphatic carbocycles. The van der Waals surface area contributed by atoms with Crippen LogP contribution in [0, 0.1) is 23.0 Å². The monoisotopic (exact) mass is 341 g/mol. The van der Waals surface area contributed by atoms with Gasteiger partial charge in [0, 0.05) is 36.6 Å². The second-order valence-electron chi connectivity index (χ2n) is 7.35. The summed E-state index contributed by atoms with van der Waals surface area (Å²) in [5.41, 5.74) is 0.0474. The van der Waals surface area contributed by atoms with E-state index in [0.717, 1.165) is 31.6 Å². The number of benzene rings is 1. The molecule has 0 aromatic heterocycles. The largest absolute Gasteiger partial charge is 0.491 e. The van der Waals surface area contributed by atoms with Gasteiger partial charge in [-0.05, 0) is 25.0 Å². The standard InChI is InChI=1S/C18H25F2NO3/c1-18(2)16(13-4-3-7-23-17(13)18)21-9-11(22)10-24-12-5-6-14(19)15(20)8-12/h5-6,8,11,13,16-17,21-22H,3-4,7,9-10H2,1-2H3/t11-,13+,16+,17-/m0/s1. The average Bonchev–Trinajstić information content (AvgIpc) is 2.56. The van der Waals surface area contributed by atoms with E-state index < -0.39 is 17.7 Å². The zero-order valence-corrected chi connectivity index (χ0v) is 14.1. The molecule has 24 heavy (non-hydrogen) atoms. The number of hydrogen-bond donors (Lipinski definition) is 2. The van der Waals surface area contributed by atoms with Gasteiger partial charge < -0.3 is 19.9 Å². The van der Waals surface area contributed by atoms with Crippen molar-refractivity contribution in [3.8, 4) is 5.75 Å². The van der Waals surface area contributed by atoms with Gasteiger partial charge in [-0.3, -0.25) is 0 Å². The van der Waals surface area contributed by atoms with Crippen LogP contribution >= 0.6 is 0 Å². The van der Waals surface area contributed by atoms with Crippen LogP contribution in [0.1, 0.15) is 26.7 Å². The van der Waals surface area contributed by atoms with Gasteiger partial charge in [0.1, 0.15) is 18.5 Å². The van der Waals surface area contributed by atoms with Crippen LogP contribution in [0.5, 0.6) is 5.75 Å². The van der Waals surface area contributed by atoms with Crippen LogP contribution in [-0.4, -0.2) is 43.1 Å². The Morgan fingerprint density at radius 3 is 2.92 bits per heavy atom. The van der Waals surface area contributed by atoms with Crippen molar-refractivity contribution < 1.29 is 23.4 Å². The van der Waals surface area contributed by atoms with Crippen LogP contribution in [-0.2, 0) is 4.74 Å². The normalized spacial score (nSPS) is 29.5. The van der Waals surface area contributed by atoms with E-state index in [9.17, 15) is 13.9 Å². The lowest BCUT2D eigenvalue weighted by Gasteiger charge is -2.60. The zero-order valence-electron chi connectivity index (χ0n) is 14.1. The van der Waals surface area contributed by atoms with E-state index in [-0.39, 0.29) is 17.8 Å². The Kier molecular flexibility index (Phi) is 5.08. The minimum absolute atomic E-state index is 0.0236. The van der Waals surface area contributed by atoms with Gasteiger partial charge in [-0.25, -0.2) is 8.78 Å². The third kappa shape index (κ3) is 3.41. The van der Waals surface area contributed by atoms with Gasteiger partial charge in [-0.1, -0.05) is 13.8 Å². The zero-order chi connectivity index (χ0) is 17.3. The number of hydrogen-bond acceptors (Lipinski definition) is 4. The molecule has 4 nitrogen and oxygen atoms in total. The number of halogens is 2. The Morgan fingerprint density at radius 1 is 1.38 bits per heavy atom. The van der Waals surface area contributed by atoms with E-state index in [1.54, 1.807) is 0 Å². The molecule has 0 amide bonds. The summed E-state index contributed by atoms with van der Waals surface area (Å²) in [5, 5.41) is 13.5. The summed E-state index contributed by atoms with van der Waals surface area (Å²) in [7, 11) is 0. The molecular weight excluding hydrogens is 316 g/mol. The van der Waals surface area contributed by atoms with E-state index in [0.29, 0.717) is 24.6 Å². The second kappa shape index (κ2) is 6.94. The maximum Gasteiger partial charge on any atom is 0.162 e. The molecule has 1 heterocycles. The molecule has 1 aromatic carbocycles. The van der Waals surface area contributed by atoms with Crippen molar-refractivity contribution in [3.63, 3.8) is 0 Å². The van der Waals surface area contributed by atoms with E-state index in [1.807, 2.05) is 0 Å². The van der Waals surface area contributed by atoms with E-state index >= 15 is 0 Å². The van der Waals surface area contributed by atoms with Crippen LogP contribution < -0.4 is 10.1 Å². The molecule has 134 valence electrons. The summed E-state index contributed by atoms with van der Waals surface area (Å²) in [6.07, 6.45) is 1.79. The highest BCUT2D eigenvalue weighted by Gasteiger charge is 2.57. The Labute approximate surface area is 141 Å². The minimum Gasteiger partial charge on any atom is -0.491 e.